The van der Waals surface area contributed by atoms with Crippen LogP contribution in [-0.2, 0) is 6.18 Å². The van der Waals surface area contributed by atoms with Crippen molar-refractivity contribution in [3.63, 3.8) is 0 Å². The number of carbonyl (C=O) groups excluding carboxylic acids is 1. The van der Waals surface area contributed by atoms with Gasteiger partial charge in [0.1, 0.15) is 5.82 Å². The second-order valence-corrected chi connectivity index (χ2v) is 7.26. The van der Waals surface area contributed by atoms with Crippen molar-refractivity contribution < 1.29 is 26.8 Å². The molecule has 0 bridgehead atoms. The summed E-state index contributed by atoms with van der Waals surface area (Å²) in [5, 5.41) is 4.89. The fraction of sp³-hybridized carbons (Fsp3) is 0.0500. The van der Waals surface area contributed by atoms with Gasteiger partial charge >= 0.3 is 12.2 Å². The van der Waals surface area contributed by atoms with E-state index in [0.717, 1.165) is 30.3 Å². The topological polar surface area (TPSA) is 80.0 Å². The number of alkyl halides is 3. The van der Waals surface area contributed by atoms with Gasteiger partial charge in [0.15, 0.2) is 11.2 Å². The highest BCUT2D eigenvalue weighted by Crippen LogP contribution is 2.31. The molecule has 0 aliphatic rings. The first kappa shape index (κ1) is 20.8. The number of oxazole rings is 1. The summed E-state index contributed by atoms with van der Waals surface area (Å²) in [5.74, 6) is -0.649. The molecular formula is C20H11BrF4N4O2. The number of hydrogen-bond donors (Lipinski definition) is 2. The Bertz CT molecular complexity index is 1270. The summed E-state index contributed by atoms with van der Waals surface area (Å²) < 4.78 is 58.4. The number of urea groups is 1. The molecule has 6 nitrogen and oxygen atoms in total. The minimum atomic E-state index is -4.47. The van der Waals surface area contributed by atoms with E-state index in [-0.39, 0.29) is 28.5 Å². The van der Waals surface area contributed by atoms with Crippen LogP contribution < -0.4 is 10.6 Å². The third-order valence-corrected chi connectivity index (χ3v) is 4.57. The maximum absolute atomic E-state index is 14.3. The largest absolute Gasteiger partial charge is 0.434 e. The molecular weight excluding hydrogens is 484 g/mol. The van der Waals surface area contributed by atoms with Gasteiger partial charge in [-0.05, 0) is 58.4 Å². The highest BCUT2D eigenvalue weighted by Gasteiger charge is 2.30. The average molecular weight is 495 g/mol. The summed E-state index contributed by atoms with van der Waals surface area (Å²) in [6, 6.07) is 8.64. The number of hydrogen-bond acceptors (Lipinski definition) is 4. The normalized spacial score (nSPS) is 11.5. The number of fused-ring (bicyclic) bond motifs is 1. The Morgan fingerprint density at radius 1 is 1.00 bits per heavy atom. The van der Waals surface area contributed by atoms with E-state index in [2.05, 4.69) is 36.5 Å². The van der Waals surface area contributed by atoms with Gasteiger partial charge in [-0.15, -0.1) is 0 Å². The van der Waals surface area contributed by atoms with Gasteiger partial charge in [0.05, 0.1) is 11.1 Å². The number of halogens is 5. The second kappa shape index (κ2) is 7.99. The third-order valence-electron chi connectivity index (χ3n) is 4.14. The lowest BCUT2D eigenvalue weighted by molar-refractivity contribution is -0.137. The Hall–Kier alpha value is -3.47. The monoisotopic (exact) mass is 494 g/mol. The lowest BCUT2D eigenvalue weighted by Crippen LogP contribution is -2.19. The lowest BCUT2D eigenvalue weighted by Gasteiger charge is -2.10. The van der Waals surface area contributed by atoms with Crippen LogP contribution in [0, 0.1) is 5.82 Å². The molecule has 2 aromatic carbocycles. The molecule has 4 rings (SSSR count). The molecule has 0 saturated carbocycles. The summed E-state index contributed by atoms with van der Waals surface area (Å²) in [7, 11) is 0. The number of aromatic nitrogens is 2. The lowest BCUT2D eigenvalue weighted by atomic mass is 10.2. The summed E-state index contributed by atoms with van der Waals surface area (Å²) in [6.45, 7) is 0. The number of carbonyl (C=O) groups is 1. The number of nitrogens with zero attached hydrogens (tertiary/aromatic N) is 2. The van der Waals surface area contributed by atoms with Gasteiger partial charge in [-0.2, -0.15) is 18.2 Å². The molecule has 2 aromatic heterocycles. The summed E-state index contributed by atoms with van der Waals surface area (Å²) in [5.41, 5.74) is 0.182. The Morgan fingerprint density at radius 2 is 1.68 bits per heavy atom. The number of amides is 2. The molecule has 31 heavy (non-hydrogen) atoms. The van der Waals surface area contributed by atoms with E-state index in [1.807, 2.05) is 0 Å². The SMILES string of the molecule is O=C(Nc1ccc(C(F)(F)F)cc1)Nc1ccc(F)c(-c2nc3ncc(Br)cc3o2)c1. The highest BCUT2D eigenvalue weighted by atomic mass is 79.9. The zero-order chi connectivity index (χ0) is 22.2. The number of rotatable bonds is 3. The van der Waals surface area contributed by atoms with Crippen molar-refractivity contribution in [1.29, 1.82) is 0 Å². The number of nitrogens with one attached hydrogen (secondary N) is 2. The molecule has 158 valence electrons. The van der Waals surface area contributed by atoms with Crippen molar-refractivity contribution in [2.45, 2.75) is 6.18 Å². The van der Waals surface area contributed by atoms with E-state index < -0.39 is 23.6 Å². The first-order valence-electron chi connectivity index (χ1n) is 8.66. The quantitative estimate of drug-likeness (QED) is 0.320. The molecule has 0 atom stereocenters. The van der Waals surface area contributed by atoms with Crippen molar-refractivity contribution in [2.75, 3.05) is 10.6 Å². The molecule has 0 fully saturated rings. The van der Waals surface area contributed by atoms with Gasteiger partial charge in [0.2, 0.25) is 5.89 Å². The van der Waals surface area contributed by atoms with E-state index in [1.54, 1.807) is 6.07 Å². The second-order valence-electron chi connectivity index (χ2n) is 6.34. The molecule has 2 heterocycles. The fourth-order valence-electron chi connectivity index (χ4n) is 2.71. The van der Waals surface area contributed by atoms with Crippen molar-refractivity contribution in [3.8, 4) is 11.5 Å². The predicted octanol–water partition coefficient (Wildman–Crippen LogP) is 6.45. The maximum atomic E-state index is 14.3. The highest BCUT2D eigenvalue weighted by molar-refractivity contribution is 9.10. The first-order valence-corrected chi connectivity index (χ1v) is 9.45. The van der Waals surface area contributed by atoms with Crippen molar-refractivity contribution >= 4 is 44.6 Å². The van der Waals surface area contributed by atoms with E-state index in [4.69, 9.17) is 4.42 Å². The molecule has 0 unspecified atom stereocenters. The van der Waals surface area contributed by atoms with Crippen LogP contribution in [0.5, 0.6) is 0 Å². The number of pyridine rings is 1. The Morgan fingerprint density at radius 3 is 2.39 bits per heavy atom. The van der Waals surface area contributed by atoms with Crippen LogP contribution >= 0.6 is 15.9 Å². The van der Waals surface area contributed by atoms with Crippen molar-refractivity contribution in [3.05, 3.63) is 70.6 Å². The van der Waals surface area contributed by atoms with Crippen molar-refractivity contribution in [1.82, 2.24) is 9.97 Å². The minimum absolute atomic E-state index is 0.00134. The molecule has 0 spiro atoms. The van der Waals surface area contributed by atoms with E-state index in [0.29, 0.717) is 10.1 Å². The van der Waals surface area contributed by atoms with Gasteiger partial charge in [0.25, 0.3) is 0 Å². The summed E-state index contributed by atoms with van der Waals surface area (Å²) in [4.78, 5) is 20.4. The average Bonchev–Trinajstić information content (AvgIpc) is 3.12. The van der Waals surface area contributed by atoms with Crippen LogP contribution in [-0.4, -0.2) is 16.0 Å². The minimum Gasteiger partial charge on any atom is -0.434 e. The smallest absolute Gasteiger partial charge is 0.416 e. The van der Waals surface area contributed by atoms with Crippen molar-refractivity contribution in [2.24, 2.45) is 0 Å². The fourth-order valence-corrected chi connectivity index (χ4v) is 3.02. The first-order chi connectivity index (χ1) is 14.7. The van der Waals surface area contributed by atoms with Crippen LogP contribution in [0.25, 0.3) is 22.7 Å². The van der Waals surface area contributed by atoms with E-state index in [9.17, 15) is 22.4 Å². The van der Waals surface area contributed by atoms with Gasteiger partial charge < -0.3 is 15.1 Å². The Balaban J connectivity index is 1.52. The van der Waals surface area contributed by atoms with Crippen LogP contribution in [0.3, 0.4) is 0 Å². The van der Waals surface area contributed by atoms with Gasteiger partial charge in [-0.3, -0.25) is 0 Å². The Labute approximate surface area is 180 Å². The molecule has 0 aliphatic heterocycles. The van der Waals surface area contributed by atoms with Crippen LogP contribution in [0.2, 0.25) is 0 Å². The van der Waals surface area contributed by atoms with Crippen LogP contribution in [0.15, 0.2) is 63.6 Å². The maximum Gasteiger partial charge on any atom is 0.416 e. The molecule has 11 heteroatoms. The van der Waals surface area contributed by atoms with Gasteiger partial charge in [0, 0.05) is 28.1 Å². The van der Waals surface area contributed by atoms with E-state index in [1.165, 1.54) is 18.3 Å². The molecule has 0 aliphatic carbocycles. The third kappa shape index (κ3) is 4.66. The molecule has 2 amide bonds. The number of benzene rings is 2. The van der Waals surface area contributed by atoms with E-state index >= 15 is 0 Å². The summed E-state index contributed by atoms with van der Waals surface area (Å²) >= 11 is 3.26. The standard InChI is InChI=1S/C20H11BrF4N4O2/c21-11-7-16-17(26-9-11)29-18(31-16)14-8-13(5-6-15(14)22)28-19(30)27-12-3-1-10(2-4-12)20(23,24)25/h1-9H,(H2,27,28,30). The zero-order valence-corrected chi connectivity index (χ0v) is 16.9. The Kier molecular flexibility index (Phi) is 5.36. The molecule has 2 N–H and O–H groups in total. The molecule has 0 radical (unpaired) electrons. The zero-order valence-electron chi connectivity index (χ0n) is 15.3. The van der Waals surface area contributed by atoms with Gasteiger partial charge in [-0.25, -0.2) is 14.2 Å². The van der Waals surface area contributed by atoms with Gasteiger partial charge in [-0.1, -0.05) is 0 Å². The van der Waals surface area contributed by atoms with Crippen LogP contribution in [0.4, 0.5) is 33.7 Å². The molecule has 0 saturated heterocycles. The summed E-state index contributed by atoms with van der Waals surface area (Å²) in [6.07, 6.45) is -2.95. The molecule has 4 aromatic rings. The number of anilines is 2. The van der Waals surface area contributed by atoms with Crippen LogP contribution in [0.1, 0.15) is 5.56 Å². The predicted molar refractivity (Wildman–Crippen MR) is 109 cm³/mol.